The second kappa shape index (κ2) is 15.8. The van der Waals surface area contributed by atoms with Gasteiger partial charge in [-0.15, -0.1) is 0 Å². The summed E-state index contributed by atoms with van der Waals surface area (Å²) >= 11 is 0. The van der Waals surface area contributed by atoms with Crippen LogP contribution < -0.4 is 4.74 Å². The molecule has 1 aliphatic carbocycles. The molecule has 1 aromatic heterocycles. The van der Waals surface area contributed by atoms with E-state index in [9.17, 15) is 25.5 Å². The average Bonchev–Trinajstić information content (AvgIpc) is 4.09. The molecule has 3 aliphatic heterocycles. The number of nitrogens with zero attached hydrogens (tertiary/aromatic N) is 2. The number of allylic oxidation sites excluding steroid dienone is 9. The normalized spacial score (nSPS) is 16.6. The summed E-state index contributed by atoms with van der Waals surface area (Å²) in [5.74, 6) is -8.57. The van der Waals surface area contributed by atoms with Crippen LogP contribution >= 0.6 is 0 Å². The third kappa shape index (κ3) is 7.17. The smallest absolute Gasteiger partial charge is 0.204 e. The molecule has 0 fully saturated rings. The first-order valence-corrected chi connectivity index (χ1v) is 19.3. The van der Waals surface area contributed by atoms with Gasteiger partial charge in [0.2, 0.25) is 11.6 Å². The molecule has 8 bridgehead atoms. The maximum Gasteiger partial charge on any atom is 0.204 e. The molecule has 5 aromatic rings. The lowest BCUT2D eigenvalue weighted by molar-refractivity contribution is 0.0503. The summed E-state index contributed by atoms with van der Waals surface area (Å²) in [6.07, 6.45) is 5.67. The monoisotopic (exact) mass is 825 g/mol. The second-order valence-electron chi connectivity index (χ2n) is 14.8. The van der Waals surface area contributed by atoms with Crippen LogP contribution in [0.3, 0.4) is 0 Å². The van der Waals surface area contributed by atoms with E-state index >= 15 is 17.6 Å². The van der Waals surface area contributed by atoms with E-state index < -0.39 is 53.9 Å². The van der Waals surface area contributed by atoms with E-state index in [0.717, 1.165) is 0 Å². The number of H-pyrrole nitrogens is 1. The number of aromatic hydroxyl groups is 3. The predicted molar refractivity (Wildman–Crippen MR) is 223 cm³/mol. The number of aliphatic imine (C=N–C) groups is 2. The average molecular weight is 826 g/mol. The van der Waals surface area contributed by atoms with Crippen molar-refractivity contribution in [3.8, 4) is 23.0 Å². The van der Waals surface area contributed by atoms with E-state index in [1.54, 1.807) is 72.8 Å². The van der Waals surface area contributed by atoms with Crippen molar-refractivity contribution in [2.45, 2.75) is 25.4 Å². The Morgan fingerprint density at radius 1 is 0.623 bits per heavy atom. The van der Waals surface area contributed by atoms with Gasteiger partial charge in [-0.2, -0.15) is 8.78 Å². The van der Waals surface area contributed by atoms with Crippen molar-refractivity contribution < 1.29 is 47.8 Å². The third-order valence-electron chi connectivity index (χ3n) is 10.8. The number of aromatic amines is 1. The Morgan fingerprint density at radius 3 is 1.77 bits per heavy atom. The number of aliphatic hydroxyl groups excluding tert-OH is 2. The zero-order chi connectivity index (χ0) is 42.5. The number of halogens is 4. The summed E-state index contributed by atoms with van der Waals surface area (Å²) in [5, 5.41) is 50.8. The molecule has 61 heavy (non-hydrogen) atoms. The van der Waals surface area contributed by atoms with Gasteiger partial charge in [-0.05, 0) is 108 Å². The van der Waals surface area contributed by atoms with E-state index in [0.29, 0.717) is 67.5 Å². The van der Waals surface area contributed by atoms with Gasteiger partial charge in [0.25, 0.3) is 0 Å². The van der Waals surface area contributed by atoms with Crippen LogP contribution in [0.1, 0.15) is 52.9 Å². The Kier molecular flexibility index (Phi) is 10.1. The highest BCUT2D eigenvalue weighted by Gasteiger charge is 2.35. The standard InChI is InChI=1S/C48H35F4N3O6/c49-44-43(45(50)47(52)48(46(44)51)61-23-32(60)22-56)42-28-11-10-27(18-28)39(24-4-1-7-29(57)19-24)33-12-13-34(53-33)40(25-5-2-8-30(58)20-25)35-14-15-36(54-35)41(37-16-17-38(42)55-37)26-6-3-9-31(59)21-26/h1-15,19-21,32,54,56-60H,16-18,22-23H2. The number of phenolic OH excluding ortho intramolecular Hbond substituents is 3. The lowest BCUT2D eigenvalue weighted by atomic mass is 9.90. The third-order valence-corrected chi connectivity index (χ3v) is 10.8. The van der Waals surface area contributed by atoms with Crippen LogP contribution in [0.25, 0.3) is 22.3 Å². The summed E-state index contributed by atoms with van der Waals surface area (Å²) in [7, 11) is 0. The van der Waals surface area contributed by atoms with Gasteiger partial charge in [0.1, 0.15) is 30.0 Å². The zero-order valence-corrected chi connectivity index (χ0v) is 32.1. The van der Waals surface area contributed by atoms with Gasteiger partial charge < -0.3 is 35.3 Å². The highest BCUT2D eigenvalue weighted by Crippen LogP contribution is 2.45. The highest BCUT2D eigenvalue weighted by atomic mass is 19.2. The van der Waals surface area contributed by atoms with Crippen LogP contribution in [-0.2, 0) is 0 Å². The summed E-state index contributed by atoms with van der Waals surface area (Å²) in [6, 6.07) is 23.4. The van der Waals surface area contributed by atoms with Crippen LogP contribution in [0.15, 0.2) is 142 Å². The Labute approximate surface area is 346 Å². The van der Waals surface area contributed by atoms with Crippen molar-refractivity contribution in [2.24, 2.45) is 9.98 Å². The van der Waals surface area contributed by atoms with Gasteiger partial charge in [-0.3, -0.25) is 4.99 Å². The maximum absolute atomic E-state index is 16.5. The summed E-state index contributed by atoms with van der Waals surface area (Å²) in [5.41, 5.74) is 5.95. The van der Waals surface area contributed by atoms with Crippen LogP contribution in [0.2, 0.25) is 0 Å². The molecule has 0 radical (unpaired) electrons. The predicted octanol–water partition coefficient (Wildman–Crippen LogP) is 9.07. The fraction of sp³-hybridized carbons (Fsp3) is 0.125. The molecule has 4 heterocycles. The molecule has 0 spiro atoms. The van der Waals surface area contributed by atoms with E-state index in [1.165, 1.54) is 12.1 Å². The molecule has 1 unspecified atom stereocenters. The van der Waals surface area contributed by atoms with Gasteiger partial charge in [0, 0.05) is 39.4 Å². The van der Waals surface area contributed by atoms with Crippen molar-refractivity contribution in [1.82, 2.24) is 4.98 Å². The quantitative estimate of drug-likeness (QED) is 0.0679. The van der Waals surface area contributed by atoms with E-state index in [2.05, 4.69) is 4.98 Å². The van der Waals surface area contributed by atoms with Crippen LogP contribution in [0.5, 0.6) is 23.0 Å². The molecule has 6 N–H and O–H groups in total. The first-order valence-electron chi connectivity index (χ1n) is 19.3. The first kappa shape index (κ1) is 39.3. The van der Waals surface area contributed by atoms with Crippen LogP contribution in [0, 0.1) is 23.3 Å². The molecule has 1 atom stereocenters. The number of phenols is 3. The number of nitrogens with one attached hydrogen (secondary N) is 1. The van der Waals surface area contributed by atoms with E-state index in [-0.39, 0.29) is 53.4 Å². The summed E-state index contributed by atoms with van der Waals surface area (Å²) < 4.78 is 69.7. The second-order valence-corrected chi connectivity index (χ2v) is 14.8. The Balaban J connectivity index is 1.35. The molecule has 0 amide bonds. The number of hydrogen-bond donors (Lipinski definition) is 6. The van der Waals surface area contributed by atoms with Crippen molar-refractivity contribution in [3.05, 3.63) is 189 Å². The topological polar surface area (TPSA) is 151 Å². The minimum atomic E-state index is -1.83. The molecule has 9 nitrogen and oxygen atoms in total. The lowest BCUT2D eigenvalue weighted by Gasteiger charge is -2.18. The fourth-order valence-corrected chi connectivity index (χ4v) is 8.15. The molecule has 4 aliphatic rings. The number of aromatic nitrogens is 1. The number of rotatable bonds is 8. The van der Waals surface area contributed by atoms with Gasteiger partial charge >= 0.3 is 0 Å². The van der Waals surface area contributed by atoms with Crippen molar-refractivity contribution in [2.75, 3.05) is 13.2 Å². The maximum atomic E-state index is 16.5. The van der Waals surface area contributed by atoms with Gasteiger partial charge in [0.05, 0.1) is 29.3 Å². The van der Waals surface area contributed by atoms with Gasteiger partial charge in [0.15, 0.2) is 17.4 Å². The van der Waals surface area contributed by atoms with Gasteiger partial charge in [-0.25, -0.2) is 13.8 Å². The van der Waals surface area contributed by atoms with Crippen molar-refractivity contribution in [1.29, 1.82) is 0 Å². The molecule has 4 aromatic carbocycles. The largest absolute Gasteiger partial charge is 0.508 e. The van der Waals surface area contributed by atoms with Crippen LogP contribution in [-0.4, -0.2) is 61.3 Å². The van der Waals surface area contributed by atoms with Gasteiger partial charge in [-0.1, -0.05) is 48.6 Å². The number of benzene rings is 4. The minimum Gasteiger partial charge on any atom is -0.508 e. The molecular weight excluding hydrogens is 791 g/mol. The van der Waals surface area contributed by atoms with Crippen LogP contribution in [0.4, 0.5) is 17.6 Å². The summed E-state index contributed by atoms with van der Waals surface area (Å²) in [6.45, 7) is -1.66. The summed E-state index contributed by atoms with van der Waals surface area (Å²) in [4.78, 5) is 13.6. The zero-order valence-electron chi connectivity index (χ0n) is 32.1. The number of hydrogen-bond acceptors (Lipinski definition) is 8. The fourth-order valence-electron chi connectivity index (χ4n) is 8.15. The lowest BCUT2D eigenvalue weighted by Crippen LogP contribution is -2.22. The molecule has 13 heteroatoms. The van der Waals surface area contributed by atoms with Crippen molar-refractivity contribution >= 4 is 33.7 Å². The molecule has 306 valence electrons. The first-order chi connectivity index (χ1) is 29.5. The highest BCUT2D eigenvalue weighted by molar-refractivity contribution is 6.32. The van der Waals surface area contributed by atoms with E-state index in [1.807, 2.05) is 24.3 Å². The Morgan fingerprint density at radius 2 is 1.18 bits per heavy atom. The number of fused-ring (bicyclic) bond motifs is 6. The minimum absolute atomic E-state index is 0.00987. The number of ether oxygens (including phenoxy) is 1. The number of aliphatic hydroxyl groups is 2. The SMILES string of the molecule is OCC(O)COc1c(F)c(F)c(C2=C3C=CC(=C(c4cccc(O)c4)C4=NC(=C(c5cccc(O)c5)c5ccc([nH]5)C(c5cccc(O)c5)=C5CCC2=N5)C=C4)C3)c(F)c1F. The molecular formula is C48H35F4N3O6. The molecule has 0 saturated carbocycles. The molecule has 9 rings (SSSR count). The molecule has 0 saturated heterocycles. The van der Waals surface area contributed by atoms with Crippen molar-refractivity contribution in [3.63, 3.8) is 0 Å². The Bertz CT molecular complexity index is 2900. The van der Waals surface area contributed by atoms with E-state index in [4.69, 9.17) is 14.7 Å². The Hall–Kier alpha value is -7.22.